The molecule has 0 radical (unpaired) electrons. The molecule has 2 unspecified atom stereocenters. The van der Waals surface area contributed by atoms with Crippen LogP contribution in [0.3, 0.4) is 0 Å². The van der Waals surface area contributed by atoms with Crippen LogP contribution in [-0.4, -0.2) is 23.3 Å². The fraction of sp³-hybridized carbons (Fsp3) is 0.643. The van der Waals surface area contributed by atoms with Crippen molar-refractivity contribution in [2.75, 3.05) is 11.4 Å². The first kappa shape index (κ1) is 13.5. The van der Waals surface area contributed by atoms with E-state index in [2.05, 4.69) is 4.90 Å². The van der Waals surface area contributed by atoms with Crippen LogP contribution in [0.5, 0.6) is 0 Å². The van der Waals surface area contributed by atoms with Gasteiger partial charge in [-0.1, -0.05) is 12.8 Å². The van der Waals surface area contributed by atoms with E-state index in [0.717, 1.165) is 19.4 Å². The van der Waals surface area contributed by atoms with Crippen LogP contribution >= 0.6 is 11.3 Å². The van der Waals surface area contributed by atoms with Crippen LogP contribution in [0.25, 0.3) is 0 Å². The molecule has 5 nitrogen and oxygen atoms in total. The average Bonchev–Trinajstić information content (AvgIpc) is 3.02. The third-order valence-electron chi connectivity index (χ3n) is 4.51. The van der Waals surface area contributed by atoms with Crippen molar-refractivity contribution in [1.82, 2.24) is 0 Å². The zero-order valence-corrected chi connectivity index (χ0v) is 12.3. The molecule has 20 heavy (non-hydrogen) atoms. The Morgan fingerprint density at radius 1 is 1.40 bits per heavy atom. The highest BCUT2D eigenvalue weighted by Gasteiger charge is 2.39. The number of thiophene rings is 1. The van der Waals surface area contributed by atoms with Crippen LogP contribution in [-0.2, 0) is 0 Å². The second-order valence-electron chi connectivity index (χ2n) is 5.71. The van der Waals surface area contributed by atoms with Gasteiger partial charge in [-0.05, 0) is 32.1 Å². The van der Waals surface area contributed by atoms with Crippen molar-refractivity contribution in [1.29, 1.82) is 0 Å². The molecular formula is C14H18N2O3S. The molecule has 1 aromatic heterocycles. The van der Waals surface area contributed by atoms with Crippen molar-refractivity contribution in [3.05, 3.63) is 21.1 Å². The summed E-state index contributed by atoms with van der Waals surface area (Å²) < 4.78 is 0. The molecule has 2 aliphatic rings. The summed E-state index contributed by atoms with van der Waals surface area (Å²) in [5, 5.41) is 11.9. The van der Waals surface area contributed by atoms with Gasteiger partial charge in [-0.2, -0.15) is 0 Å². The highest BCUT2D eigenvalue weighted by atomic mass is 32.1. The van der Waals surface area contributed by atoms with Crippen LogP contribution < -0.4 is 4.90 Å². The second kappa shape index (κ2) is 5.16. The van der Waals surface area contributed by atoms with Crippen LogP contribution in [0.4, 0.5) is 10.7 Å². The molecule has 1 aliphatic heterocycles. The molecule has 108 valence electrons. The summed E-state index contributed by atoms with van der Waals surface area (Å²) in [6.45, 7) is 2.35. The Labute approximate surface area is 121 Å². The minimum atomic E-state index is -0.353. The lowest BCUT2D eigenvalue weighted by Gasteiger charge is -2.31. The maximum atomic E-state index is 11.5. The first-order valence-corrected chi connectivity index (χ1v) is 7.95. The number of anilines is 1. The van der Waals surface area contributed by atoms with E-state index in [1.165, 1.54) is 43.6 Å². The molecule has 0 amide bonds. The first-order valence-electron chi connectivity index (χ1n) is 7.13. The fourth-order valence-electron chi connectivity index (χ4n) is 3.54. The maximum Gasteiger partial charge on any atom is 0.304 e. The van der Waals surface area contributed by atoms with E-state index >= 15 is 0 Å². The highest BCUT2D eigenvalue weighted by Crippen LogP contribution is 2.45. The number of nitro groups is 1. The van der Waals surface area contributed by atoms with E-state index in [9.17, 15) is 14.9 Å². The molecule has 1 aromatic rings. The average molecular weight is 294 g/mol. The minimum Gasteiger partial charge on any atom is -0.355 e. The lowest BCUT2D eigenvalue weighted by Crippen LogP contribution is -2.34. The van der Waals surface area contributed by atoms with Crippen LogP contribution in [0.2, 0.25) is 0 Å². The van der Waals surface area contributed by atoms with Gasteiger partial charge in [0.15, 0.2) is 10.8 Å². The van der Waals surface area contributed by atoms with Crippen LogP contribution in [0.1, 0.15) is 48.7 Å². The smallest absolute Gasteiger partial charge is 0.304 e. The van der Waals surface area contributed by atoms with Gasteiger partial charge < -0.3 is 4.90 Å². The fourth-order valence-corrected chi connectivity index (χ4v) is 4.64. The van der Waals surface area contributed by atoms with Crippen molar-refractivity contribution < 1.29 is 9.72 Å². The van der Waals surface area contributed by atoms with Crippen molar-refractivity contribution in [2.24, 2.45) is 5.92 Å². The number of ketones is 1. The molecule has 6 heteroatoms. The predicted octanol–water partition coefficient (Wildman–Crippen LogP) is 3.63. The number of nitrogens with zero attached hydrogens (tertiary/aromatic N) is 2. The molecule has 0 spiro atoms. The highest BCUT2D eigenvalue weighted by molar-refractivity contribution is 7.18. The Morgan fingerprint density at radius 2 is 2.15 bits per heavy atom. The van der Waals surface area contributed by atoms with Crippen LogP contribution in [0.15, 0.2) is 6.07 Å². The monoisotopic (exact) mass is 294 g/mol. The van der Waals surface area contributed by atoms with Gasteiger partial charge in [0.25, 0.3) is 0 Å². The molecule has 0 N–H and O–H groups in total. The van der Waals surface area contributed by atoms with Gasteiger partial charge in [0.05, 0.1) is 9.80 Å². The van der Waals surface area contributed by atoms with Crippen molar-refractivity contribution in [3.8, 4) is 0 Å². The molecule has 2 atom stereocenters. The number of hydrogen-bond acceptors (Lipinski definition) is 5. The maximum absolute atomic E-state index is 11.5. The summed E-state index contributed by atoms with van der Waals surface area (Å²) >= 11 is 1.28. The number of carbonyl (C=O) groups is 1. The van der Waals surface area contributed by atoms with Gasteiger partial charge in [-0.15, -0.1) is 11.3 Å². The Kier molecular flexibility index (Phi) is 3.50. The van der Waals surface area contributed by atoms with E-state index in [1.807, 2.05) is 0 Å². The standard InChI is InChI=1S/C14H18N2O3S/c1-9(17)13-8-12(16(18)19)14(20-13)15-7-6-10-4-2-3-5-11(10)15/h8,10-11H,2-7H2,1H3. The van der Waals surface area contributed by atoms with Gasteiger partial charge in [0, 0.05) is 18.7 Å². The lowest BCUT2D eigenvalue weighted by molar-refractivity contribution is -0.383. The molecule has 2 heterocycles. The summed E-state index contributed by atoms with van der Waals surface area (Å²) in [6.07, 6.45) is 5.96. The summed E-state index contributed by atoms with van der Waals surface area (Å²) in [6, 6.07) is 1.87. The van der Waals surface area contributed by atoms with Crippen molar-refractivity contribution in [3.63, 3.8) is 0 Å². The molecule has 2 fully saturated rings. The number of carbonyl (C=O) groups excluding carboxylic acids is 1. The molecule has 3 rings (SSSR count). The van der Waals surface area contributed by atoms with Gasteiger partial charge in [0.1, 0.15) is 0 Å². The zero-order valence-electron chi connectivity index (χ0n) is 11.5. The summed E-state index contributed by atoms with van der Waals surface area (Å²) in [5.41, 5.74) is 0.103. The Morgan fingerprint density at radius 3 is 2.85 bits per heavy atom. The lowest BCUT2D eigenvalue weighted by atomic mass is 9.85. The molecule has 1 saturated carbocycles. The van der Waals surface area contributed by atoms with Crippen LogP contribution in [0, 0.1) is 16.0 Å². The molecule has 0 aromatic carbocycles. The Hall–Kier alpha value is -1.43. The predicted molar refractivity (Wildman–Crippen MR) is 78.7 cm³/mol. The normalized spacial score (nSPS) is 25.6. The van der Waals surface area contributed by atoms with Gasteiger partial charge in [0.2, 0.25) is 0 Å². The third kappa shape index (κ3) is 2.22. The molecular weight excluding hydrogens is 276 g/mol. The number of fused-ring (bicyclic) bond motifs is 1. The Balaban J connectivity index is 1.96. The van der Waals surface area contributed by atoms with Gasteiger partial charge in [-0.25, -0.2) is 0 Å². The number of rotatable bonds is 3. The number of Topliss-reactive ketones (excluding diaryl/α,β-unsaturated/α-hetero) is 1. The largest absolute Gasteiger partial charge is 0.355 e. The van der Waals surface area contributed by atoms with E-state index in [1.54, 1.807) is 0 Å². The zero-order chi connectivity index (χ0) is 14.3. The molecule has 1 saturated heterocycles. The quantitative estimate of drug-likeness (QED) is 0.485. The van der Waals surface area contributed by atoms with Gasteiger partial charge >= 0.3 is 5.69 Å². The Bertz CT molecular complexity index is 555. The van der Waals surface area contributed by atoms with E-state index in [4.69, 9.17) is 0 Å². The summed E-state index contributed by atoms with van der Waals surface area (Å²) in [4.78, 5) is 25.1. The number of hydrogen-bond donors (Lipinski definition) is 0. The van der Waals surface area contributed by atoms with Crippen molar-refractivity contribution >= 4 is 27.8 Å². The summed E-state index contributed by atoms with van der Waals surface area (Å²) in [7, 11) is 0. The first-order chi connectivity index (χ1) is 9.58. The second-order valence-corrected chi connectivity index (χ2v) is 6.74. The minimum absolute atomic E-state index is 0.0938. The van der Waals surface area contributed by atoms with Gasteiger partial charge in [-0.3, -0.25) is 14.9 Å². The van der Waals surface area contributed by atoms with Crippen molar-refractivity contribution in [2.45, 2.75) is 45.1 Å². The van der Waals surface area contributed by atoms with E-state index in [-0.39, 0.29) is 16.4 Å². The molecule has 1 aliphatic carbocycles. The SMILES string of the molecule is CC(=O)c1cc([N+](=O)[O-])c(N2CCC3CCCCC32)s1. The molecule has 0 bridgehead atoms. The van der Waals surface area contributed by atoms with E-state index < -0.39 is 0 Å². The third-order valence-corrected chi connectivity index (χ3v) is 5.77. The van der Waals surface area contributed by atoms with E-state index in [0.29, 0.717) is 21.8 Å². The summed E-state index contributed by atoms with van der Waals surface area (Å²) in [5.74, 6) is 0.579. The topological polar surface area (TPSA) is 63.4 Å².